The predicted molar refractivity (Wildman–Crippen MR) is 88.7 cm³/mol. The molecule has 1 atom stereocenters. The van der Waals surface area contributed by atoms with E-state index in [0.717, 1.165) is 30.4 Å². The number of hydrogen-bond acceptors (Lipinski definition) is 3. The maximum atomic E-state index is 12.1. The minimum atomic E-state index is -0.152. The lowest BCUT2D eigenvalue weighted by atomic mass is 9.95. The minimum absolute atomic E-state index is 0.0294. The second-order valence-corrected chi connectivity index (χ2v) is 5.62. The maximum absolute atomic E-state index is 12.1. The van der Waals surface area contributed by atoms with Gasteiger partial charge in [0.2, 0.25) is 0 Å². The van der Waals surface area contributed by atoms with E-state index in [9.17, 15) is 4.79 Å². The molecule has 2 aromatic rings. The second kappa shape index (κ2) is 6.93. The van der Waals surface area contributed by atoms with Crippen LogP contribution < -0.4 is 4.74 Å². The average molecular weight is 303 g/mol. The molecule has 1 aliphatic carbocycles. The molecule has 0 aliphatic heterocycles. The van der Waals surface area contributed by atoms with Gasteiger partial charge in [-0.1, -0.05) is 36.4 Å². The fourth-order valence-electron chi connectivity index (χ4n) is 2.66. The first kappa shape index (κ1) is 15.1. The van der Waals surface area contributed by atoms with Crippen molar-refractivity contribution in [2.24, 2.45) is 5.92 Å². The summed E-state index contributed by atoms with van der Waals surface area (Å²) in [5, 5.41) is 8.82. The molecule has 2 aromatic carbocycles. The first-order valence-electron chi connectivity index (χ1n) is 7.73. The lowest BCUT2D eigenvalue weighted by Gasteiger charge is -2.16. The molecule has 0 heterocycles. The third-order valence-corrected chi connectivity index (χ3v) is 4.02. The van der Waals surface area contributed by atoms with Crippen molar-refractivity contribution >= 4 is 5.97 Å². The number of nitrogens with zero attached hydrogens (tertiary/aromatic N) is 1. The number of ether oxygens (including phenoxy) is 1. The number of carbonyl (C=O) groups is 1. The summed E-state index contributed by atoms with van der Waals surface area (Å²) in [5.41, 5.74) is 2.69. The van der Waals surface area contributed by atoms with Gasteiger partial charge in [0, 0.05) is 0 Å². The topological polar surface area (TPSA) is 50.1 Å². The highest BCUT2D eigenvalue weighted by Gasteiger charge is 2.20. The summed E-state index contributed by atoms with van der Waals surface area (Å²) in [4.78, 5) is 12.1. The maximum Gasteiger partial charge on any atom is 0.314 e. The molecule has 114 valence electrons. The third kappa shape index (κ3) is 3.67. The van der Waals surface area contributed by atoms with Crippen LogP contribution in [0.1, 0.15) is 24.8 Å². The molecule has 0 bridgehead atoms. The van der Waals surface area contributed by atoms with Gasteiger partial charge in [-0.05, 0) is 54.7 Å². The molecule has 0 spiro atoms. The third-order valence-electron chi connectivity index (χ3n) is 4.02. The lowest BCUT2D eigenvalue weighted by molar-refractivity contribution is -0.139. The molecule has 0 unspecified atom stereocenters. The van der Waals surface area contributed by atoms with E-state index >= 15 is 0 Å². The monoisotopic (exact) mass is 303 g/mol. The van der Waals surface area contributed by atoms with Gasteiger partial charge in [0.1, 0.15) is 5.75 Å². The van der Waals surface area contributed by atoms with Gasteiger partial charge in [0.15, 0.2) is 0 Å². The van der Waals surface area contributed by atoms with E-state index in [2.05, 4.69) is 12.1 Å². The van der Waals surface area contributed by atoms with Crippen LogP contribution in [0.3, 0.4) is 0 Å². The van der Waals surface area contributed by atoms with Gasteiger partial charge < -0.3 is 4.74 Å². The summed E-state index contributed by atoms with van der Waals surface area (Å²) in [5.74, 6) is 0.389. The highest BCUT2D eigenvalue weighted by Crippen LogP contribution is 2.25. The molecule has 3 heteroatoms. The van der Waals surface area contributed by atoms with E-state index in [1.807, 2.05) is 42.5 Å². The summed E-state index contributed by atoms with van der Waals surface area (Å²) in [6.45, 7) is 0. The quantitative estimate of drug-likeness (QED) is 0.477. The van der Waals surface area contributed by atoms with Crippen LogP contribution in [0, 0.1) is 17.2 Å². The van der Waals surface area contributed by atoms with Crippen molar-refractivity contribution < 1.29 is 9.53 Å². The summed E-state index contributed by atoms with van der Waals surface area (Å²) >= 11 is 0. The number of carbonyl (C=O) groups excluding carboxylic acids is 1. The van der Waals surface area contributed by atoms with Crippen LogP contribution in [0.2, 0.25) is 0 Å². The zero-order valence-electron chi connectivity index (χ0n) is 12.7. The fourth-order valence-corrected chi connectivity index (χ4v) is 2.66. The van der Waals surface area contributed by atoms with Crippen molar-refractivity contribution in [3.8, 4) is 22.9 Å². The zero-order chi connectivity index (χ0) is 16.1. The van der Waals surface area contributed by atoms with Crippen molar-refractivity contribution in [2.75, 3.05) is 0 Å². The first-order chi connectivity index (χ1) is 11.3. The molecule has 0 N–H and O–H groups in total. The molecule has 3 nitrogen and oxygen atoms in total. The number of nitriles is 1. The highest BCUT2D eigenvalue weighted by atomic mass is 16.5. The van der Waals surface area contributed by atoms with Gasteiger partial charge in [0.25, 0.3) is 0 Å². The van der Waals surface area contributed by atoms with Crippen molar-refractivity contribution in [2.45, 2.75) is 19.3 Å². The molecule has 3 rings (SSSR count). The zero-order valence-corrected chi connectivity index (χ0v) is 12.7. The highest BCUT2D eigenvalue weighted by molar-refractivity contribution is 5.76. The Hall–Kier alpha value is -2.86. The van der Waals surface area contributed by atoms with E-state index in [1.54, 1.807) is 12.1 Å². The standard InChI is InChI=1S/C20H17NO2/c21-14-15-6-8-16(9-7-15)17-10-12-19(13-11-17)23-20(22)18-4-2-1-3-5-18/h1-2,6-13,18H,3-5H2/t18-/m0/s1. The van der Waals surface area contributed by atoms with Gasteiger partial charge in [-0.3, -0.25) is 4.79 Å². The Bertz CT molecular complexity index is 752. The lowest BCUT2D eigenvalue weighted by Crippen LogP contribution is -2.21. The largest absolute Gasteiger partial charge is 0.426 e. The SMILES string of the molecule is N#Cc1ccc(-c2ccc(OC(=O)[C@H]3CC=CCC3)cc2)cc1. The van der Waals surface area contributed by atoms with Crippen molar-refractivity contribution in [3.63, 3.8) is 0 Å². The van der Waals surface area contributed by atoms with Gasteiger partial charge in [-0.2, -0.15) is 5.26 Å². The summed E-state index contributed by atoms with van der Waals surface area (Å²) in [6, 6.07) is 17.0. The Morgan fingerprint density at radius 3 is 2.22 bits per heavy atom. The molecule has 0 radical (unpaired) electrons. The molecule has 0 aromatic heterocycles. The molecule has 0 fully saturated rings. The molecule has 1 aliphatic rings. The Morgan fingerprint density at radius 2 is 1.65 bits per heavy atom. The van der Waals surface area contributed by atoms with Crippen molar-refractivity contribution in [1.82, 2.24) is 0 Å². The van der Waals surface area contributed by atoms with Gasteiger partial charge in [-0.25, -0.2) is 0 Å². The van der Waals surface area contributed by atoms with E-state index < -0.39 is 0 Å². The number of benzene rings is 2. The number of hydrogen-bond donors (Lipinski definition) is 0. The van der Waals surface area contributed by atoms with Gasteiger partial charge >= 0.3 is 5.97 Å². The van der Waals surface area contributed by atoms with Crippen molar-refractivity contribution in [3.05, 3.63) is 66.2 Å². The molecular formula is C20H17NO2. The van der Waals surface area contributed by atoms with E-state index in [1.165, 1.54) is 0 Å². The van der Waals surface area contributed by atoms with Gasteiger partial charge in [-0.15, -0.1) is 0 Å². The number of allylic oxidation sites excluding steroid dienone is 2. The molecule has 0 saturated carbocycles. The Labute approximate surface area is 135 Å². The number of rotatable bonds is 3. The average Bonchev–Trinajstić information content (AvgIpc) is 2.63. The number of esters is 1. The van der Waals surface area contributed by atoms with Crippen LogP contribution in [0.25, 0.3) is 11.1 Å². The second-order valence-electron chi connectivity index (χ2n) is 5.62. The van der Waals surface area contributed by atoms with Crippen LogP contribution in [-0.2, 0) is 4.79 Å². The Kier molecular flexibility index (Phi) is 4.54. The molecule has 23 heavy (non-hydrogen) atoms. The smallest absolute Gasteiger partial charge is 0.314 e. The van der Waals surface area contributed by atoms with Crippen LogP contribution in [0.4, 0.5) is 0 Å². The van der Waals surface area contributed by atoms with Crippen LogP contribution in [0.15, 0.2) is 60.7 Å². The molecular weight excluding hydrogens is 286 g/mol. The Balaban J connectivity index is 1.68. The van der Waals surface area contributed by atoms with Gasteiger partial charge in [0.05, 0.1) is 17.6 Å². The summed E-state index contributed by atoms with van der Waals surface area (Å²) in [7, 11) is 0. The van der Waals surface area contributed by atoms with Crippen LogP contribution >= 0.6 is 0 Å². The minimum Gasteiger partial charge on any atom is -0.426 e. The van der Waals surface area contributed by atoms with Crippen LogP contribution in [-0.4, -0.2) is 5.97 Å². The normalized spacial score (nSPS) is 16.6. The molecule has 0 amide bonds. The predicted octanol–water partition coefficient (Wildman–Crippen LogP) is 4.49. The summed E-state index contributed by atoms with van der Waals surface area (Å²) in [6.07, 6.45) is 6.72. The molecule has 0 saturated heterocycles. The van der Waals surface area contributed by atoms with E-state index in [-0.39, 0.29) is 11.9 Å². The first-order valence-corrected chi connectivity index (χ1v) is 7.73. The van der Waals surface area contributed by atoms with Crippen LogP contribution in [0.5, 0.6) is 5.75 Å². The van der Waals surface area contributed by atoms with Crippen molar-refractivity contribution in [1.29, 1.82) is 5.26 Å². The Morgan fingerprint density at radius 1 is 1.00 bits per heavy atom. The van der Waals surface area contributed by atoms with E-state index in [0.29, 0.717) is 11.3 Å². The fraction of sp³-hybridized carbons (Fsp3) is 0.200. The summed E-state index contributed by atoms with van der Waals surface area (Å²) < 4.78 is 5.47. The van der Waals surface area contributed by atoms with E-state index in [4.69, 9.17) is 10.00 Å².